The van der Waals surface area contributed by atoms with Crippen LogP contribution in [-0.2, 0) is 30.5 Å². The van der Waals surface area contributed by atoms with Gasteiger partial charge in [-0.3, -0.25) is 0 Å². The van der Waals surface area contributed by atoms with Crippen molar-refractivity contribution >= 4 is 22.9 Å². The van der Waals surface area contributed by atoms with E-state index in [2.05, 4.69) is 30.4 Å². The summed E-state index contributed by atoms with van der Waals surface area (Å²) in [6, 6.07) is 16.8. The Labute approximate surface area is 289 Å². The number of unbranched alkanes of at least 4 members (excludes halogenated alkanes) is 2. The molecule has 1 aliphatic heterocycles. The van der Waals surface area contributed by atoms with Gasteiger partial charge in [-0.2, -0.15) is 0 Å². The third kappa shape index (κ3) is 8.00. The number of hydrogen-bond acceptors (Lipinski definition) is 7. The Kier molecular flexibility index (Phi) is 11.0. The summed E-state index contributed by atoms with van der Waals surface area (Å²) in [6.07, 6.45) is 17.6. The van der Waals surface area contributed by atoms with Gasteiger partial charge in [-0.25, -0.2) is 0 Å². The lowest BCUT2D eigenvalue weighted by Crippen LogP contribution is -2.47. The van der Waals surface area contributed by atoms with Crippen LogP contribution in [0.15, 0.2) is 54.6 Å². The van der Waals surface area contributed by atoms with Crippen LogP contribution in [0.25, 0.3) is 22.9 Å². The second-order valence-corrected chi connectivity index (χ2v) is 14.1. The van der Waals surface area contributed by atoms with Crippen LogP contribution >= 0.6 is 0 Å². The van der Waals surface area contributed by atoms with Gasteiger partial charge in [0.2, 0.25) is 0 Å². The summed E-state index contributed by atoms with van der Waals surface area (Å²) in [5.74, 6) is -1.15. The highest BCUT2D eigenvalue weighted by molar-refractivity contribution is 6.03. The Hall–Kier alpha value is -4.20. The molecule has 2 fully saturated rings. The van der Waals surface area contributed by atoms with E-state index >= 15 is 0 Å². The number of hydrogen-bond donors (Lipinski definition) is 6. The smallest absolute Gasteiger partial charge is 0.169 e. The molecule has 1 heterocycles. The summed E-state index contributed by atoms with van der Waals surface area (Å²) in [6.45, 7) is 3.91. The van der Waals surface area contributed by atoms with Crippen LogP contribution in [0, 0.1) is 0 Å². The molecule has 260 valence electrons. The number of nitrogens with one attached hydrogen (secondary N) is 1. The molecular formula is C42H51NO6. The Morgan fingerprint density at radius 3 is 2.43 bits per heavy atom. The molecule has 7 nitrogen and oxygen atoms in total. The number of fused-ring (bicyclic) bond motifs is 1. The summed E-state index contributed by atoms with van der Waals surface area (Å²) >= 11 is 0. The standard InChI is InChI=1S/C42H51NO6/c1-2-3-5-9-30-24-28(12-16-31(30)27-43-32-20-23-49-42(26-32)21-6-4-7-22-42)14-18-35-33(17-13-29-15-19-36(44)38(46)25-29)34-10-8-11-37(45)39(34)41(48)40(35)47/h8,10-13,15-17,19,24-25,32,43-48H,2-7,9,14,18,20-23,26-27H2,1H3/b17-13+/t32-/m1/s1. The maximum absolute atomic E-state index is 11.3. The number of phenolic OH excluding ortho intramolecular Hbond substituents is 5. The summed E-state index contributed by atoms with van der Waals surface area (Å²) in [4.78, 5) is 0. The molecular weight excluding hydrogens is 614 g/mol. The van der Waals surface area contributed by atoms with Crippen molar-refractivity contribution in [3.8, 4) is 28.7 Å². The Bertz CT molecular complexity index is 1780. The minimum Gasteiger partial charge on any atom is -0.507 e. The average Bonchev–Trinajstić information content (AvgIpc) is 3.10. The van der Waals surface area contributed by atoms with Crippen molar-refractivity contribution in [2.45, 2.75) is 109 Å². The zero-order valence-electron chi connectivity index (χ0n) is 28.7. The van der Waals surface area contributed by atoms with Gasteiger partial charge in [0, 0.05) is 24.8 Å². The van der Waals surface area contributed by atoms with E-state index in [1.165, 1.54) is 67.9 Å². The number of rotatable bonds is 12. The first-order valence-corrected chi connectivity index (χ1v) is 18.1. The lowest BCUT2D eigenvalue weighted by atomic mass is 9.78. The van der Waals surface area contributed by atoms with Gasteiger partial charge in [-0.15, -0.1) is 0 Å². The highest BCUT2D eigenvalue weighted by atomic mass is 16.5. The van der Waals surface area contributed by atoms with Gasteiger partial charge in [0.05, 0.1) is 11.0 Å². The number of phenols is 5. The van der Waals surface area contributed by atoms with Crippen molar-refractivity contribution in [3.63, 3.8) is 0 Å². The van der Waals surface area contributed by atoms with E-state index < -0.39 is 0 Å². The molecule has 0 aromatic heterocycles. The third-order valence-electron chi connectivity index (χ3n) is 10.7. The van der Waals surface area contributed by atoms with E-state index in [-0.39, 0.29) is 39.7 Å². The van der Waals surface area contributed by atoms with Gasteiger partial charge in [0.15, 0.2) is 23.0 Å². The Balaban J connectivity index is 1.25. The number of aryl methyl sites for hydroxylation is 2. The van der Waals surface area contributed by atoms with Crippen LogP contribution < -0.4 is 5.32 Å². The largest absolute Gasteiger partial charge is 0.507 e. The molecule has 1 saturated heterocycles. The second-order valence-electron chi connectivity index (χ2n) is 14.1. The topological polar surface area (TPSA) is 122 Å². The van der Waals surface area contributed by atoms with Crippen molar-refractivity contribution in [2.24, 2.45) is 0 Å². The van der Waals surface area contributed by atoms with E-state index in [4.69, 9.17) is 4.74 Å². The molecule has 0 amide bonds. The zero-order valence-corrected chi connectivity index (χ0v) is 28.7. The van der Waals surface area contributed by atoms with Crippen LogP contribution in [0.3, 0.4) is 0 Å². The van der Waals surface area contributed by atoms with E-state index in [9.17, 15) is 25.5 Å². The predicted molar refractivity (Wildman–Crippen MR) is 196 cm³/mol. The van der Waals surface area contributed by atoms with Gasteiger partial charge in [0.1, 0.15) is 5.75 Å². The van der Waals surface area contributed by atoms with Gasteiger partial charge < -0.3 is 35.6 Å². The normalized spacial score (nSPS) is 17.7. The quantitative estimate of drug-likeness (QED) is 0.0507. The van der Waals surface area contributed by atoms with E-state index in [0.29, 0.717) is 41.0 Å². The lowest BCUT2D eigenvalue weighted by molar-refractivity contribution is -0.109. The van der Waals surface area contributed by atoms with Crippen molar-refractivity contribution in [1.82, 2.24) is 5.32 Å². The molecule has 6 rings (SSSR count). The van der Waals surface area contributed by atoms with Crippen LogP contribution in [0.2, 0.25) is 0 Å². The third-order valence-corrected chi connectivity index (χ3v) is 10.7. The lowest BCUT2D eigenvalue weighted by Gasteiger charge is -2.43. The van der Waals surface area contributed by atoms with Crippen molar-refractivity contribution in [2.75, 3.05) is 6.61 Å². The second kappa shape index (κ2) is 15.6. The fourth-order valence-corrected chi connectivity index (χ4v) is 7.91. The monoisotopic (exact) mass is 665 g/mol. The van der Waals surface area contributed by atoms with Crippen LogP contribution in [0.5, 0.6) is 28.7 Å². The number of ether oxygens (including phenoxy) is 1. The SMILES string of the molecule is CCCCCc1cc(CCc2c(O)c(O)c3c(O)cccc3c2/C=C/c2ccc(O)c(O)c2)ccc1CN[C@@H]1CCOC2(CCCCC2)C1. The molecule has 1 spiro atoms. The molecule has 4 aromatic rings. The summed E-state index contributed by atoms with van der Waals surface area (Å²) < 4.78 is 6.35. The summed E-state index contributed by atoms with van der Waals surface area (Å²) in [7, 11) is 0. The van der Waals surface area contributed by atoms with E-state index in [0.717, 1.165) is 50.8 Å². The first-order chi connectivity index (χ1) is 23.8. The molecule has 0 bridgehead atoms. The molecule has 4 aromatic carbocycles. The van der Waals surface area contributed by atoms with Crippen molar-refractivity contribution in [1.29, 1.82) is 0 Å². The molecule has 2 aliphatic rings. The molecule has 0 radical (unpaired) electrons. The van der Waals surface area contributed by atoms with E-state index in [1.807, 2.05) is 12.1 Å². The molecule has 7 heteroatoms. The first kappa shape index (κ1) is 34.7. The fraction of sp³-hybridized carbons (Fsp3) is 0.429. The predicted octanol–water partition coefficient (Wildman–Crippen LogP) is 9.03. The molecule has 1 atom stereocenters. The van der Waals surface area contributed by atoms with Crippen molar-refractivity contribution < 1.29 is 30.3 Å². The molecule has 0 unspecified atom stereocenters. The maximum Gasteiger partial charge on any atom is 0.169 e. The van der Waals surface area contributed by atoms with Crippen molar-refractivity contribution in [3.05, 3.63) is 88.0 Å². The summed E-state index contributed by atoms with van der Waals surface area (Å²) in [5.41, 5.74) is 5.83. The Morgan fingerprint density at radius 2 is 1.63 bits per heavy atom. The molecule has 1 aliphatic carbocycles. The minimum atomic E-state index is -0.340. The Morgan fingerprint density at radius 1 is 0.796 bits per heavy atom. The average molecular weight is 666 g/mol. The van der Waals surface area contributed by atoms with Crippen LogP contribution in [-0.4, -0.2) is 43.8 Å². The zero-order chi connectivity index (χ0) is 34.4. The fourth-order valence-electron chi connectivity index (χ4n) is 7.91. The highest BCUT2D eigenvalue weighted by Crippen LogP contribution is 2.45. The molecule has 1 saturated carbocycles. The van der Waals surface area contributed by atoms with Gasteiger partial charge >= 0.3 is 0 Å². The number of aromatic hydroxyl groups is 5. The maximum atomic E-state index is 11.3. The van der Waals surface area contributed by atoms with Gasteiger partial charge in [-0.05, 0) is 103 Å². The van der Waals surface area contributed by atoms with Crippen LogP contribution in [0.4, 0.5) is 0 Å². The first-order valence-electron chi connectivity index (χ1n) is 18.1. The number of benzene rings is 4. The van der Waals surface area contributed by atoms with Crippen LogP contribution in [0.1, 0.15) is 105 Å². The molecule has 49 heavy (non-hydrogen) atoms. The van der Waals surface area contributed by atoms with Gasteiger partial charge in [-0.1, -0.05) is 87.6 Å². The highest BCUT2D eigenvalue weighted by Gasteiger charge is 2.38. The molecule has 6 N–H and O–H groups in total. The van der Waals surface area contributed by atoms with E-state index in [1.54, 1.807) is 18.2 Å². The summed E-state index contributed by atoms with van der Waals surface area (Å²) in [5, 5.41) is 57.4. The van der Waals surface area contributed by atoms with Gasteiger partial charge in [0.25, 0.3) is 0 Å². The minimum absolute atomic E-state index is 0.0728.